The normalized spacial score (nSPS) is 21.6. The summed E-state index contributed by atoms with van der Waals surface area (Å²) in [5.74, 6) is 0. The molecular formula is C15H24N2. The first-order chi connectivity index (χ1) is 8.11. The van der Waals surface area contributed by atoms with Gasteiger partial charge < -0.3 is 10.2 Å². The van der Waals surface area contributed by atoms with Crippen molar-refractivity contribution in [1.29, 1.82) is 0 Å². The van der Waals surface area contributed by atoms with E-state index in [4.69, 9.17) is 0 Å². The highest BCUT2D eigenvalue weighted by molar-refractivity contribution is 5.19. The molecule has 1 aromatic carbocycles. The molecule has 1 aromatic rings. The zero-order valence-corrected chi connectivity index (χ0v) is 11.2. The zero-order valence-electron chi connectivity index (χ0n) is 11.2. The summed E-state index contributed by atoms with van der Waals surface area (Å²) in [6.07, 6.45) is 1.32. The van der Waals surface area contributed by atoms with Crippen LogP contribution >= 0.6 is 0 Å². The Kier molecular flexibility index (Phi) is 3.85. The molecule has 17 heavy (non-hydrogen) atoms. The molecule has 1 atom stereocenters. The van der Waals surface area contributed by atoms with Gasteiger partial charge in [-0.3, -0.25) is 0 Å². The highest BCUT2D eigenvalue weighted by Crippen LogP contribution is 2.29. The van der Waals surface area contributed by atoms with Gasteiger partial charge in [-0.05, 0) is 31.0 Å². The summed E-state index contributed by atoms with van der Waals surface area (Å²) < 4.78 is 0. The van der Waals surface area contributed by atoms with Crippen molar-refractivity contribution >= 4 is 0 Å². The highest BCUT2D eigenvalue weighted by atomic mass is 15.2. The molecule has 1 heterocycles. The van der Waals surface area contributed by atoms with Crippen molar-refractivity contribution < 1.29 is 0 Å². The predicted octanol–water partition coefficient (Wildman–Crippen LogP) is 2.68. The number of likely N-dealkylation sites (tertiary alicyclic amines) is 1. The van der Waals surface area contributed by atoms with Crippen molar-refractivity contribution in [3.05, 3.63) is 35.9 Å². The molecule has 1 aliphatic rings. The molecule has 0 aliphatic carbocycles. The third kappa shape index (κ3) is 3.30. The molecule has 0 aromatic heterocycles. The summed E-state index contributed by atoms with van der Waals surface area (Å²) in [4.78, 5) is 2.58. The van der Waals surface area contributed by atoms with Crippen LogP contribution in [-0.2, 0) is 0 Å². The molecule has 1 fully saturated rings. The van der Waals surface area contributed by atoms with Crippen LogP contribution in [0.25, 0.3) is 0 Å². The van der Waals surface area contributed by atoms with E-state index in [-0.39, 0.29) is 0 Å². The largest absolute Gasteiger partial charge is 0.312 e. The average molecular weight is 232 g/mol. The third-order valence-electron chi connectivity index (χ3n) is 3.75. The van der Waals surface area contributed by atoms with E-state index in [1.165, 1.54) is 25.1 Å². The Hall–Kier alpha value is -0.860. The molecule has 94 valence electrons. The third-order valence-corrected chi connectivity index (χ3v) is 3.75. The Morgan fingerprint density at radius 2 is 2.00 bits per heavy atom. The smallest absolute Gasteiger partial charge is 0.0446 e. The van der Waals surface area contributed by atoms with Crippen LogP contribution in [0.2, 0.25) is 0 Å². The van der Waals surface area contributed by atoms with E-state index in [2.05, 4.69) is 61.4 Å². The fourth-order valence-corrected chi connectivity index (χ4v) is 2.69. The van der Waals surface area contributed by atoms with Crippen molar-refractivity contribution in [2.45, 2.75) is 26.3 Å². The Labute approximate surface area is 105 Å². The van der Waals surface area contributed by atoms with Gasteiger partial charge in [0.05, 0.1) is 0 Å². The molecule has 2 nitrogen and oxygen atoms in total. The molecule has 0 radical (unpaired) electrons. The average Bonchev–Trinajstić information content (AvgIpc) is 2.67. The van der Waals surface area contributed by atoms with Gasteiger partial charge in [-0.1, -0.05) is 44.2 Å². The molecule has 1 unspecified atom stereocenters. The lowest BCUT2D eigenvalue weighted by molar-refractivity contribution is 0.265. The zero-order chi connectivity index (χ0) is 12.3. The number of nitrogens with one attached hydrogen (secondary N) is 1. The summed E-state index contributed by atoms with van der Waals surface area (Å²) in [7, 11) is 2.05. The number of benzene rings is 1. The summed E-state index contributed by atoms with van der Waals surface area (Å²) in [6.45, 7) is 8.30. The summed E-state index contributed by atoms with van der Waals surface area (Å²) in [5, 5.41) is 3.43. The van der Waals surface area contributed by atoms with Gasteiger partial charge in [-0.25, -0.2) is 0 Å². The van der Waals surface area contributed by atoms with Crippen molar-refractivity contribution in [3.63, 3.8) is 0 Å². The quantitative estimate of drug-likeness (QED) is 0.858. The van der Waals surface area contributed by atoms with E-state index in [1.807, 2.05) is 0 Å². The van der Waals surface area contributed by atoms with Crippen LogP contribution in [0, 0.1) is 5.41 Å². The van der Waals surface area contributed by atoms with Gasteiger partial charge >= 0.3 is 0 Å². The molecule has 1 aliphatic heterocycles. The fraction of sp³-hybridized carbons (Fsp3) is 0.600. The minimum atomic E-state index is 0.449. The van der Waals surface area contributed by atoms with Crippen LogP contribution in [0.5, 0.6) is 0 Å². The van der Waals surface area contributed by atoms with Crippen LogP contribution in [0.15, 0.2) is 30.3 Å². The van der Waals surface area contributed by atoms with Gasteiger partial charge in [0.1, 0.15) is 0 Å². The molecule has 0 bridgehead atoms. The van der Waals surface area contributed by atoms with Crippen LogP contribution in [0.3, 0.4) is 0 Å². The van der Waals surface area contributed by atoms with E-state index in [1.54, 1.807) is 0 Å². The lowest BCUT2D eigenvalue weighted by Gasteiger charge is -2.25. The Morgan fingerprint density at radius 3 is 2.53 bits per heavy atom. The predicted molar refractivity (Wildman–Crippen MR) is 73.1 cm³/mol. The SMILES string of the molecule is CNC(CN1CCC(C)(C)C1)c1ccccc1. The maximum absolute atomic E-state index is 3.43. The van der Waals surface area contributed by atoms with E-state index >= 15 is 0 Å². The first-order valence-electron chi connectivity index (χ1n) is 6.55. The highest BCUT2D eigenvalue weighted by Gasteiger charge is 2.30. The van der Waals surface area contributed by atoms with Gasteiger partial charge in [-0.15, -0.1) is 0 Å². The molecule has 2 rings (SSSR count). The van der Waals surface area contributed by atoms with Crippen LogP contribution in [0.1, 0.15) is 31.9 Å². The molecule has 2 heteroatoms. The van der Waals surface area contributed by atoms with Crippen molar-refractivity contribution in [3.8, 4) is 0 Å². The fourth-order valence-electron chi connectivity index (χ4n) is 2.69. The van der Waals surface area contributed by atoms with E-state index in [9.17, 15) is 0 Å². The summed E-state index contributed by atoms with van der Waals surface area (Å²) in [5.41, 5.74) is 1.88. The van der Waals surface area contributed by atoms with E-state index in [0.29, 0.717) is 11.5 Å². The summed E-state index contributed by atoms with van der Waals surface area (Å²) >= 11 is 0. The second-order valence-electron chi connectivity index (χ2n) is 5.90. The number of hydrogen-bond donors (Lipinski definition) is 1. The molecule has 1 N–H and O–H groups in total. The molecule has 0 amide bonds. The molecule has 0 spiro atoms. The minimum Gasteiger partial charge on any atom is -0.312 e. The molecular weight excluding hydrogens is 208 g/mol. The maximum atomic E-state index is 3.43. The lowest BCUT2D eigenvalue weighted by atomic mass is 9.93. The Bertz CT molecular complexity index is 345. The van der Waals surface area contributed by atoms with Gasteiger partial charge in [0.15, 0.2) is 0 Å². The molecule has 1 saturated heterocycles. The lowest BCUT2D eigenvalue weighted by Crippen LogP contribution is -2.33. The number of rotatable bonds is 4. The summed E-state index contributed by atoms with van der Waals surface area (Å²) in [6, 6.07) is 11.2. The Balaban J connectivity index is 1.97. The number of likely N-dealkylation sites (N-methyl/N-ethyl adjacent to an activating group) is 1. The topological polar surface area (TPSA) is 15.3 Å². The van der Waals surface area contributed by atoms with E-state index in [0.717, 1.165) is 6.54 Å². The van der Waals surface area contributed by atoms with Crippen molar-refractivity contribution in [1.82, 2.24) is 10.2 Å². The first-order valence-corrected chi connectivity index (χ1v) is 6.55. The standard InChI is InChI=1S/C15H24N2/c1-15(2)9-10-17(12-15)11-14(16-3)13-7-5-4-6-8-13/h4-8,14,16H,9-12H2,1-3H3. The minimum absolute atomic E-state index is 0.449. The number of hydrogen-bond acceptors (Lipinski definition) is 2. The second-order valence-corrected chi connectivity index (χ2v) is 5.90. The second kappa shape index (κ2) is 5.19. The molecule has 0 saturated carbocycles. The van der Waals surface area contributed by atoms with Crippen molar-refractivity contribution in [2.24, 2.45) is 5.41 Å². The van der Waals surface area contributed by atoms with Crippen LogP contribution in [-0.4, -0.2) is 31.6 Å². The van der Waals surface area contributed by atoms with Gasteiger partial charge in [0.2, 0.25) is 0 Å². The monoisotopic (exact) mass is 232 g/mol. The number of nitrogens with zero attached hydrogens (tertiary/aromatic N) is 1. The van der Waals surface area contributed by atoms with Crippen molar-refractivity contribution in [2.75, 3.05) is 26.7 Å². The van der Waals surface area contributed by atoms with Crippen LogP contribution in [0.4, 0.5) is 0 Å². The first kappa shape index (κ1) is 12.6. The Morgan fingerprint density at radius 1 is 1.29 bits per heavy atom. The van der Waals surface area contributed by atoms with E-state index < -0.39 is 0 Å². The van der Waals surface area contributed by atoms with Crippen LogP contribution < -0.4 is 5.32 Å². The van der Waals surface area contributed by atoms with Gasteiger partial charge in [0, 0.05) is 19.1 Å². The van der Waals surface area contributed by atoms with Gasteiger partial charge in [-0.2, -0.15) is 0 Å². The van der Waals surface area contributed by atoms with Gasteiger partial charge in [0.25, 0.3) is 0 Å². The maximum Gasteiger partial charge on any atom is 0.0446 e.